The quantitative estimate of drug-likeness (QED) is 0.298. The molecule has 3 aromatic rings. The molecule has 0 fully saturated rings. The second-order valence-corrected chi connectivity index (χ2v) is 9.10. The molecular weight excluding hydrogens is 488 g/mol. The first-order valence-corrected chi connectivity index (χ1v) is 12.9. The molecule has 1 heterocycles. The van der Waals surface area contributed by atoms with Crippen LogP contribution in [0, 0.1) is 0 Å². The second kappa shape index (κ2) is 12.2. The number of carbonyl (C=O) groups excluding carboxylic acids is 3. The van der Waals surface area contributed by atoms with Gasteiger partial charge in [-0.25, -0.2) is 20.0 Å². The molecule has 0 spiro atoms. The summed E-state index contributed by atoms with van der Waals surface area (Å²) in [5, 5.41) is 3.02. The standard InChI is InChI=1S/C29H28N2O5S/c1-3-35-28(33)30-31(29(34)36-4-2)26-23(15-16-24(26)27-22(19-32)17-18-37-27)25(20-11-7-5-8-12-20)21-13-9-6-10-14-21/h5-19,24,26H,3-4H2,1-2H3,(H,30,33)/t24-,26-/m0/s1. The highest BCUT2D eigenvalue weighted by Crippen LogP contribution is 2.43. The first-order valence-electron chi connectivity index (χ1n) is 12.0. The van der Waals surface area contributed by atoms with Crippen molar-refractivity contribution in [2.45, 2.75) is 25.8 Å². The summed E-state index contributed by atoms with van der Waals surface area (Å²) in [6.45, 7) is 3.64. The van der Waals surface area contributed by atoms with Gasteiger partial charge in [-0.1, -0.05) is 72.8 Å². The smallest absolute Gasteiger partial charge is 0.429 e. The van der Waals surface area contributed by atoms with E-state index >= 15 is 0 Å². The molecule has 0 bridgehead atoms. The maximum absolute atomic E-state index is 13.3. The van der Waals surface area contributed by atoms with E-state index in [1.54, 1.807) is 19.9 Å². The molecule has 7 nitrogen and oxygen atoms in total. The van der Waals surface area contributed by atoms with E-state index in [0.29, 0.717) is 5.56 Å². The van der Waals surface area contributed by atoms with Crippen molar-refractivity contribution in [2.75, 3.05) is 13.2 Å². The fourth-order valence-corrected chi connectivity index (χ4v) is 5.44. The number of thiophene rings is 1. The van der Waals surface area contributed by atoms with Gasteiger partial charge < -0.3 is 9.47 Å². The van der Waals surface area contributed by atoms with Gasteiger partial charge in [-0.05, 0) is 47.6 Å². The lowest BCUT2D eigenvalue weighted by Gasteiger charge is -2.33. The van der Waals surface area contributed by atoms with Crippen LogP contribution in [0.4, 0.5) is 9.59 Å². The van der Waals surface area contributed by atoms with Crippen molar-refractivity contribution in [3.8, 4) is 0 Å². The van der Waals surface area contributed by atoms with E-state index in [-0.39, 0.29) is 13.2 Å². The summed E-state index contributed by atoms with van der Waals surface area (Å²) in [4.78, 5) is 38.5. The summed E-state index contributed by atoms with van der Waals surface area (Å²) in [7, 11) is 0. The first kappa shape index (κ1) is 25.9. The molecule has 1 aromatic heterocycles. The van der Waals surface area contributed by atoms with Crippen LogP contribution in [-0.2, 0) is 9.47 Å². The molecule has 1 aliphatic carbocycles. The zero-order valence-corrected chi connectivity index (χ0v) is 21.4. The van der Waals surface area contributed by atoms with Gasteiger partial charge in [0.15, 0.2) is 6.29 Å². The molecule has 1 N–H and O–H groups in total. The minimum atomic E-state index is -0.775. The highest BCUT2D eigenvalue weighted by atomic mass is 32.1. The van der Waals surface area contributed by atoms with Gasteiger partial charge in [0.2, 0.25) is 0 Å². The number of hydrogen-bond acceptors (Lipinski definition) is 6. The van der Waals surface area contributed by atoms with Crippen molar-refractivity contribution >= 4 is 35.4 Å². The zero-order chi connectivity index (χ0) is 26.2. The lowest BCUT2D eigenvalue weighted by molar-refractivity contribution is 0.0608. The third-order valence-electron chi connectivity index (χ3n) is 5.94. The van der Waals surface area contributed by atoms with E-state index in [1.165, 1.54) is 16.3 Å². The van der Waals surface area contributed by atoms with E-state index < -0.39 is 24.1 Å². The van der Waals surface area contributed by atoms with Crippen LogP contribution in [0.15, 0.2) is 89.8 Å². The Labute approximate surface area is 220 Å². The lowest BCUT2D eigenvalue weighted by atomic mass is 9.87. The number of hydrazine groups is 1. The van der Waals surface area contributed by atoms with Crippen LogP contribution < -0.4 is 5.43 Å². The van der Waals surface area contributed by atoms with Crippen LogP contribution in [-0.4, -0.2) is 42.7 Å². The molecule has 2 atom stereocenters. The first-order chi connectivity index (χ1) is 18.1. The number of rotatable bonds is 7. The number of aldehydes is 1. The molecule has 0 radical (unpaired) electrons. The number of nitrogens with one attached hydrogen (secondary N) is 1. The molecular formula is C29H28N2O5S. The van der Waals surface area contributed by atoms with Crippen molar-refractivity contribution in [3.63, 3.8) is 0 Å². The number of nitrogens with zero attached hydrogens (tertiary/aromatic N) is 1. The zero-order valence-electron chi connectivity index (χ0n) is 20.6. The minimum Gasteiger partial charge on any atom is -0.449 e. The summed E-state index contributed by atoms with van der Waals surface area (Å²) in [5.74, 6) is -0.413. The minimum absolute atomic E-state index is 0.118. The summed E-state index contributed by atoms with van der Waals surface area (Å²) in [5.41, 5.74) is 6.71. The number of hydrogen-bond donors (Lipinski definition) is 1. The Kier molecular flexibility index (Phi) is 8.53. The summed E-state index contributed by atoms with van der Waals surface area (Å²) in [6.07, 6.45) is 3.22. The molecule has 1 aliphatic rings. The van der Waals surface area contributed by atoms with Crippen LogP contribution in [0.1, 0.15) is 46.1 Å². The van der Waals surface area contributed by atoms with Crippen molar-refractivity contribution in [1.29, 1.82) is 0 Å². The molecule has 2 aromatic carbocycles. The average molecular weight is 517 g/mol. The number of benzene rings is 2. The average Bonchev–Trinajstić information content (AvgIpc) is 3.56. The van der Waals surface area contributed by atoms with Crippen molar-refractivity contribution in [3.05, 3.63) is 111 Å². The summed E-state index contributed by atoms with van der Waals surface area (Å²) < 4.78 is 10.5. The molecule has 0 saturated carbocycles. The third kappa shape index (κ3) is 5.65. The van der Waals surface area contributed by atoms with E-state index in [1.807, 2.05) is 78.2 Å². The topological polar surface area (TPSA) is 84.9 Å². The number of amides is 2. The third-order valence-corrected chi connectivity index (χ3v) is 6.98. The predicted octanol–water partition coefficient (Wildman–Crippen LogP) is 6.20. The Bertz CT molecular complexity index is 1260. The Hall–Kier alpha value is -4.17. The van der Waals surface area contributed by atoms with Crippen LogP contribution in [0.25, 0.3) is 5.57 Å². The molecule has 0 aliphatic heterocycles. The highest BCUT2D eigenvalue weighted by molar-refractivity contribution is 7.10. The molecule has 37 heavy (non-hydrogen) atoms. The molecule has 0 unspecified atom stereocenters. The van der Waals surface area contributed by atoms with Gasteiger partial charge in [0, 0.05) is 16.4 Å². The Morgan fingerprint density at radius 2 is 1.57 bits per heavy atom. The van der Waals surface area contributed by atoms with E-state index in [4.69, 9.17) is 9.47 Å². The Balaban J connectivity index is 1.96. The lowest BCUT2D eigenvalue weighted by Crippen LogP contribution is -2.54. The predicted molar refractivity (Wildman–Crippen MR) is 143 cm³/mol. The van der Waals surface area contributed by atoms with Crippen LogP contribution >= 0.6 is 11.3 Å². The molecule has 190 valence electrons. The van der Waals surface area contributed by atoms with Crippen molar-refractivity contribution in [2.24, 2.45) is 0 Å². The fraction of sp³-hybridized carbons (Fsp3) is 0.207. The maximum atomic E-state index is 13.3. The molecule has 0 saturated heterocycles. The van der Waals surface area contributed by atoms with Gasteiger partial charge in [0.1, 0.15) is 0 Å². The fourth-order valence-electron chi connectivity index (χ4n) is 4.46. The molecule has 4 rings (SSSR count). The van der Waals surface area contributed by atoms with Crippen LogP contribution in [0.2, 0.25) is 0 Å². The second-order valence-electron chi connectivity index (χ2n) is 8.15. The summed E-state index contributed by atoms with van der Waals surface area (Å²) >= 11 is 1.42. The van der Waals surface area contributed by atoms with Gasteiger partial charge in [0.25, 0.3) is 0 Å². The van der Waals surface area contributed by atoms with Crippen molar-refractivity contribution < 1.29 is 23.9 Å². The van der Waals surface area contributed by atoms with Gasteiger partial charge in [-0.2, -0.15) is 0 Å². The van der Waals surface area contributed by atoms with Gasteiger partial charge in [0.05, 0.1) is 19.3 Å². The van der Waals surface area contributed by atoms with Crippen LogP contribution in [0.5, 0.6) is 0 Å². The maximum Gasteiger partial charge on any atom is 0.429 e. The van der Waals surface area contributed by atoms with Gasteiger partial charge in [-0.15, -0.1) is 11.3 Å². The molecule has 8 heteroatoms. The molecule has 2 amide bonds. The summed E-state index contributed by atoms with van der Waals surface area (Å²) in [6, 6.07) is 20.7. The van der Waals surface area contributed by atoms with Gasteiger partial charge in [-0.3, -0.25) is 4.79 Å². The normalized spacial score (nSPS) is 16.2. The van der Waals surface area contributed by atoms with Crippen molar-refractivity contribution in [1.82, 2.24) is 10.4 Å². The number of carbonyl (C=O) groups is 3. The van der Waals surface area contributed by atoms with E-state index in [9.17, 15) is 14.4 Å². The highest BCUT2D eigenvalue weighted by Gasteiger charge is 2.41. The van der Waals surface area contributed by atoms with E-state index in [0.717, 1.165) is 33.4 Å². The monoisotopic (exact) mass is 516 g/mol. The number of ether oxygens (including phenoxy) is 2. The van der Waals surface area contributed by atoms with Gasteiger partial charge >= 0.3 is 12.2 Å². The largest absolute Gasteiger partial charge is 0.449 e. The Morgan fingerprint density at radius 1 is 0.946 bits per heavy atom. The van der Waals surface area contributed by atoms with E-state index in [2.05, 4.69) is 5.43 Å². The SMILES string of the molecule is CCOC(=O)NN(C(=O)OCC)[C@H]1C(=C(c2ccccc2)c2ccccc2)C=C[C@@H]1c1sccc1C=O. The Morgan fingerprint density at radius 3 is 2.14 bits per heavy atom. The van der Waals surface area contributed by atoms with Crippen LogP contribution in [0.3, 0.4) is 0 Å².